The van der Waals surface area contributed by atoms with Gasteiger partial charge >= 0.3 is 0 Å². The molecule has 3 heterocycles. The molecule has 2 fully saturated rings. The van der Waals surface area contributed by atoms with Gasteiger partial charge < -0.3 is 10.2 Å². The highest BCUT2D eigenvalue weighted by atomic mass is 32.2. The van der Waals surface area contributed by atoms with Gasteiger partial charge in [0.1, 0.15) is 5.82 Å². The van der Waals surface area contributed by atoms with Crippen molar-refractivity contribution < 1.29 is 18.0 Å². The molecule has 0 saturated carbocycles. The third-order valence-corrected chi connectivity index (χ3v) is 7.51. The van der Waals surface area contributed by atoms with Crippen LogP contribution < -0.4 is 10.2 Å². The second kappa shape index (κ2) is 8.16. The molecule has 0 bridgehead atoms. The number of carbonyl (C=O) groups is 2. The number of sulfonamides is 1. The zero-order chi connectivity index (χ0) is 21.3. The summed E-state index contributed by atoms with van der Waals surface area (Å²) in [7, 11) is -3.50. The molecule has 1 atom stereocenters. The second-order valence-electron chi connectivity index (χ2n) is 7.67. The maximum absolute atomic E-state index is 12.7. The Bertz CT molecular complexity index is 1060. The molecule has 1 aromatic carbocycles. The predicted molar refractivity (Wildman–Crippen MR) is 112 cm³/mol. The van der Waals surface area contributed by atoms with Gasteiger partial charge in [-0.2, -0.15) is 4.31 Å². The predicted octanol–water partition coefficient (Wildman–Crippen LogP) is 2.17. The Hall–Kier alpha value is -2.78. The van der Waals surface area contributed by atoms with E-state index in [1.165, 1.54) is 21.3 Å². The zero-order valence-electron chi connectivity index (χ0n) is 16.7. The van der Waals surface area contributed by atoms with Crippen LogP contribution in [-0.2, 0) is 19.6 Å². The number of pyridine rings is 1. The van der Waals surface area contributed by atoms with Gasteiger partial charge in [0.05, 0.1) is 10.8 Å². The molecule has 2 aliphatic rings. The van der Waals surface area contributed by atoms with Gasteiger partial charge in [-0.1, -0.05) is 6.07 Å². The number of nitrogens with zero attached hydrogens (tertiary/aromatic N) is 3. The van der Waals surface area contributed by atoms with Crippen molar-refractivity contribution in [3.63, 3.8) is 0 Å². The summed E-state index contributed by atoms with van der Waals surface area (Å²) < 4.78 is 26.8. The van der Waals surface area contributed by atoms with Crippen LogP contribution in [0.15, 0.2) is 47.5 Å². The van der Waals surface area contributed by atoms with Crippen molar-refractivity contribution in [2.75, 3.05) is 29.9 Å². The summed E-state index contributed by atoms with van der Waals surface area (Å²) >= 11 is 0. The van der Waals surface area contributed by atoms with E-state index in [-0.39, 0.29) is 29.7 Å². The Morgan fingerprint density at radius 3 is 2.50 bits per heavy atom. The molecular weight excluding hydrogens is 404 g/mol. The number of carbonyl (C=O) groups excluding carboxylic acids is 2. The number of anilines is 2. The Kier molecular flexibility index (Phi) is 5.57. The number of amides is 2. The van der Waals surface area contributed by atoms with E-state index in [0.717, 1.165) is 18.4 Å². The van der Waals surface area contributed by atoms with Gasteiger partial charge in [-0.3, -0.25) is 9.59 Å². The average Bonchev–Trinajstić information content (AvgIpc) is 3.40. The fourth-order valence-electron chi connectivity index (χ4n) is 3.84. The Labute approximate surface area is 175 Å². The largest absolute Gasteiger partial charge is 0.312 e. The first-order chi connectivity index (χ1) is 14.4. The van der Waals surface area contributed by atoms with Gasteiger partial charge in [0.2, 0.25) is 21.8 Å². The third-order valence-electron chi connectivity index (χ3n) is 5.60. The highest BCUT2D eigenvalue weighted by Crippen LogP contribution is 2.28. The number of rotatable bonds is 5. The number of hydrogen-bond acceptors (Lipinski definition) is 5. The lowest BCUT2D eigenvalue weighted by atomic mass is 10.1. The molecule has 2 amide bonds. The first-order valence-corrected chi connectivity index (χ1v) is 11.4. The van der Waals surface area contributed by atoms with Crippen LogP contribution in [0.2, 0.25) is 0 Å². The van der Waals surface area contributed by atoms with E-state index in [4.69, 9.17) is 0 Å². The van der Waals surface area contributed by atoms with Crippen molar-refractivity contribution in [1.82, 2.24) is 9.29 Å². The molecule has 0 aliphatic carbocycles. The minimum absolute atomic E-state index is 0.103. The lowest BCUT2D eigenvalue weighted by Gasteiger charge is -2.19. The molecule has 0 spiro atoms. The van der Waals surface area contributed by atoms with E-state index in [1.54, 1.807) is 24.4 Å². The molecule has 0 radical (unpaired) electrons. The lowest BCUT2D eigenvalue weighted by molar-refractivity contribution is -0.122. The van der Waals surface area contributed by atoms with Gasteiger partial charge in [0.15, 0.2) is 0 Å². The standard InChI is InChI=1S/C21H24N4O4S/c1-15-5-4-10-22-20(15)23-21(27)16-13-19(26)25(14-16)17-6-8-18(9-7-17)30(28,29)24-11-2-3-12-24/h4-10,16H,2-3,11-14H2,1H3,(H,22,23,27)/t16-/m0/s1. The van der Waals surface area contributed by atoms with Gasteiger partial charge in [-0.05, 0) is 55.7 Å². The average molecular weight is 429 g/mol. The molecule has 4 rings (SSSR count). The minimum Gasteiger partial charge on any atom is -0.312 e. The fourth-order valence-corrected chi connectivity index (χ4v) is 5.36. The van der Waals surface area contributed by atoms with Gasteiger partial charge in [-0.15, -0.1) is 0 Å². The summed E-state index contributed by atoms with van der Waals surface area (Å²) in [6.45, 7) is 3.18. The maximum Gasteiger partial charge on any atom is 0.243 e. The monoisotopic (exact) mass is 428 g/mol. The summed E-state index contributed by atoms with van der Waals surface area (Å²) in [5.41, 5.74) is 1.44. The van der Waals surface area contributed by atoms with Crippen molar-refractivity contribution in [2.45, 2.75) is 31.1 Å². The zero-order valence-corrected chi connectivity index (χ0v) is 17.6. The summed E-state index contributed by atoms with van der Waals surface area (Å²) in [5.74, 6) is -0.416. The number of aromatic nitrogens is 1. The third kappa shape index (κ3) is 3.95. The molecule has 2 aromatic rings. The van der Waals surface area contributed by atoms with Crippen LogP contribution in [0.3, 0.4) is 0 Å². The van der Waals surface area contributed by atoms with E-state index in [9.17, 15) is 18.0 Å². The number of nitrogens with one attached hydrogen (secondary N) is 1. The van der Waals surface area contributed by atoms with E-state index in [1.807, 2.05) is 13.0 Å². The summed E-state index contributed by atoms with van der Waals surface area (Å²) in [5, 5.41) is 2.79. The summed E-state index contributed by atoms with van der Waals surface area (Å²) in [6, 6.07) is 9.96. The van der Waals surface area contributed by atoms with Crippen molar-refractivity contribution in [2.24, 2.45) is 5.92 Å². The van der Waals surface area contributed by atoms with Crippen LogP contribution in [-0.4, -0.2) is 49.2 Å². The Morgan fingerprint density at radius 1 is 1.13 bits per heavy atom. The summed E-state index contributed by atoms with van der Waals surface area (Å²) in [6.07, 6.45) is 3.46. The van der Waals surface area contributed by atoms with Gasteiger partial charge in [0, 0.05) is 37.9 Å². The highest BCUT2D eigenvalue weighted by Gasteiger charge is 2.36. The smallest absolute Gasteiger partial charge is 0.243 e. The SMILES string of the molecule is Cc1cccnc1NC(=O)[C@H]1CC(=O)N(c2ccc(S(=O)(=O)N3CCCC3)cc2)C1. The van der Waals surface area contributed by atoms with E-state index in [0.29, 0.717) is 24.6 Å². The highest BCUT2D eigenvalue weighted by molar-refractivity contribution is 7.89. The molecule has 30 heavy (non-hydrogen) atoms. The maximum atomic E-state index is 12.7. The van der Waals surface area contributed by atoms with Crippen molar-refractivity contribution >= 4 is 33.3 Å². The quantitative estimate of drug-likeness (QED) is 0.787. The normalized spacial score (nSPS) is 20.0. The first-order valence-electron chi connectivity index (χ1n) is 9.99. The van der Waals surface area contributed by atoms with Crippen LogP contribution >= 0.6 is 0 Å². The number of hydrogen-bond donors (Lipinski definition) is 1. The molecular formula is C21H24N4O4S. The Balaban J connectivity index is 1.45. The molecule has 1 aromatic heterocycles. The van der Waals surface area contributed by atoms with Crippen molar-refractivity contribution in [3.8, 4) is 0 Å². The summed E-state index contributed by atoms with van der Waals surface area (Å²) in [4.78, 5) is 31.0. The van der Waals surface area contributed by atoms with Gasteiger partial charge in [0.25, 0.3) is 0 Å². The van der Waals surface area contributed by atoms with Crippen LogP contribution in [0.5, 0.6) is 0 Å². The second-order valence-corrected chi connectivity index (χ2v) is 9.61. The molecule has 158 valence electrons. The molecule has 2 aliphatic heterocycles. The Morgan fingerprint density at radius 2 is 1.83 bits per heavy atom. The molecule has 0 unspecified atom stereocenters. The number of aryl methyl sites for hydroxylation is 1. The molecule has 1 N–H and O–H groups in total. The molecule has 9 heteroatoms. The van der Waals surface area contributed by atoms with Crippen LogP contribution in [0.4, 0.5) is 11.5 Å². The van der Waals surface area contributed by atoms with E-state index >= 15 is 0 Å². The number of benzene rings is 1. The molecule has 2 saturated heterocycles. The van der Waals surface area contributed by atoms with Crippen LogP contribution in [0.1, 0.15) is 24.8 Å². The van der Waals surface area contributed by atoms with Crippen LogP contribution in [0, 0.1) is 12.8 Å². The lowest BCUT2D eigenvalue weighted by Crippen LogP contribution is -2.29. The first kappa shape index (κ1) is 20.5. The van der Waals surface area contributed by atoms with E-state index < -0.39 is 15.9 Å². The van der Waals surface area contributed by atoms with Crippen molar-refractivity contribution in [3.05, 3.63) is 48.2 Å². The minimum atomic E-state index is -3.50. The topological polar surface area (TPSA) is 99.7 Å². The fraction of sp³-hybridized carbons (Fsp3) is 0.381. The molecule has 8 nitrogen and oxygen atoms in total. The van der Waals surface area contributed by atoms with Crippen molar-refractivity contribution in [1.29, 1.82) is 0 Å². The van der Waals surface area contributed by atoms with E-state index in [2.05, 4.69) is 10.3 Å². The van der Waals surface area contributed by atoms with Gasteiger partial charge in [-0.25, -0.2) is 13.4 Å². The van der Waals surface area contributed by atoms with Crippen LogP contribution in [0.25, 0.3) is 0 Å².